The Bertz CT molecular complexity index is 650. The Hall–Kier alpha value is -0.775. The minimum atomic E-state index is -1.02. The summed E-state index contributed by atoms with van der Waals surface area (Å²) >= 11 is 1.43. The fourth-order valence-electron chi connectivity index (χ4n) is 2.26. The predicted molar refractivity (Wildman–Crippen MR) is 100 cm³/mol. The number of hydrazone groups is 1. The first-order chi connectivity index (χ1) is 11.1. The maximum atomic E-state index is 5.79. The summed E-state index contributed by atoms with van der Waals surface area (Å²) in [5, 5.41) is 6.63. The van der Waals surface area contributed by atoms with E-state index in [0.29, 0.717) is 6.73 Å². The first-order valence-corrected chi connectivity index (χ1v) is 13.5. The molecule has 0 amide bonds. The normalized spacial score (nSPS) is 17.3. The van der Waals surface area contributed by atoms with Gasteiger partial charge >= 0.3 is 158 Å². The number of aromatic nitrogens is 1. The summed E-state index contributed by atoms with van der Waals surface area (Å²) < 4.78 is 9.03. The van der Waals surface area contributed by atoms with E-state index in [2.05, 4.69) is 68.9 Å². The van der Waals surface area contributed by atoms with Gasteiger partial charge in [-0.05, 0) is 0 Å². The molecule has 1 aliphatic heterocycles. The van der Waals surface area contributed by atoms with E-state index in [9.17, 15) is 0 Å². The van der Waals surface area contributed by atoms with Crippen molar-refractivity contribution >= 4 is 24.3 Å². The number of allylic oxidation sites excluding steroid dienone is 1. The Morgan fingerprint density at radius 2 is 2.04 bits per heavy atom. The van der Waals surface area contributed by atoms with Crippen molar-refractivity contribution < 1.29 is 24.1 Å². The molecular formula is C18H28N3OSiW-. The van der Waals surface area contributed by atoms with Gasteiger partial charge in [-0.3, -0.25) is 0 Å². The zero-order valence-electron chi connectivity index (χ0n) is 15.6. The van der Waals surface area contributed by atoms with E-state index in [1.54, 1.807) is 0 Å². The first-order valence-electron chi connectivity index (χ1n) is 8.33. The Balaban J connectivity index is 1.99. The van der Waals surface area contributed by atoms with Crippen LogP contribution in [0.2, 0.25) is 25.7 Å². The summed E-state index contributed by atoms with van der Waals surface area (Å²) in [6.45, 7) is 15.0. The van der Waals surface area contributed by atoms with Gasteiger partial charge in [-0.1, -0.05) is 0 Å². The molecule has 2 rings (SSSR count). The molecule has 24 heavy (non-hydrogen) atoms. The van der Waals surface area contributed by atoms with Gasteiger partial charge < -0.3 is 0 Å². The van der Waals surface area contributed by atoms with Gasteiger partial charge in [-0.25, -0.2) is 0 Å². The standard InChI is InChI=1S/C18H28N3OSi.W/c1-18(2,3)21-17(7-9-19-21)13-16-8-10-20(14-16)15-22-11-12-23(4,5)6;/h8-10,13H,11-12,15H2,1-6H3;/q-1;. The summed E-state index contributed by atoms with van der Waals surface area (Å²) in [7, 11) is -1.02. The average Bonchev–Trinajstić information content (AvgIpc) is 3.02. The Labute approximate surface area is 158 Å². The second-order valence-electron chi connectivity index (χ2n) is 8.32. The second-order valence-corrected chi connectivity index (χ2v) is 15.5. The predicted octanol–water partition coefficient (Wildman–Crippen LogP) is 3.76. The van der Waals surface area contributed by atoms with Crippen LogP contribution in [0.25, 0.3) is 6.08 Å². The Morgan fingerprint density at radius 1 is 1.33 bits per heavy atom. The first kappa shape index (κ1) is 19.5. The molecular weight excluding hydrogens is 486 g/mol. The molecule has 0 aliphatic carbocycles. The van der Waals surface area contributed by atoms with Gasteiger partial charge in [0.25, 0.3) is 0 Å². The molecule has 0 saturated carbocycles. The molecule has 0 spiro atoms. The van der Waals surface area contributed by atoms with Gasteiger partial charge in [0.15, 0.2) is 0 Å². The molecule has 1 aromatic heterocycles. The molecule has 4 nitrogen and oxygen atoms in total. The SMILES string of the molecule is CC(C)(C)N1N=C[C](=[W])C1=Cc1[c-]n(COCC[Si](C)(C)C)cc1. The van der Waals surface area contributed by atoms with Crippen LogP contribution in [0.4, 0.5) is 0 Å². The summed E-state index contributed by atoms with van der Waals surface area (Å²) in [4.78, 5) is 0. The van der Waals surface area contributed by atoms with E-state index in [4.69, 9.17) is 4.74 Å². The minimum absolute atomic E-state index is 0.0257. The van der Waals surface area contributed by atoms with Crippen LogP contribution in [0.3, 0.4) is 0 Å². The number of ether oxygens (including phenoxy) is 1. The Kier molecular flexibility index (Phi) is 6.21. The van der Waals surface area contributed by atoms with Crippen LogP contribution in [0.1, 0.15) is 26.3 Å². The molecule has 0 saturated heterocycles. The molecule has 0 aromatic carbocycles. The fourth-order valence-corrected chi connectivity index (χ4v) is 3.71. The molecule has 0 fully saturated rings. The molecule has 1 aromatic rings. The van der Waals surface area contributed by atoms with Crippen LogP contribution < -0.4 is 0 Å². The zero-order valence-corrected chi connectivity index (χ0v) is 19.5. The van der Waals surface area contributed by atoms with Gasteiger partial charge in [0.2, 0.25) is 0 Å². The molecule has 0 radical (unpaired) electrons. The number of hydrogen-bond acceptors (Lipinski definition) is 3. The van der Waals surface area contributed by atoms with E-state index in [0.717, 1.165) is 12.2 Å². The molecule has 132 valence electrons. The van der Waals surface area contributed by atoms with Crippen LogP contribution >= 0.6 is 0 Å². The van der Waals surface area contributed by atoms with Crippen molar-refractivity contribution in [1.82, 2.24) is 9.58 Å². The summed E-state index contributed by atoms with van der Waals surface area (Å²) in [5.74, 6) is 0. The van der Waals surface area contributed by atoms with E-state index < -0.39 is 8.07 Å². The Morgan fingerprint density at radius 3 is 2.67 bits per heavy atom. The zero-order chi connectivity index (χ0) is 18.0. The molecule has 2 heterocycles. The number of rotatable bonds is 6. The van der Waals surface area contributed by atoms with Crippen molar-refractivity contribution in [1.29, 1.82) is 0 Å². The molecule has 0 N–H and O–H groups in total. The molecule has 1 aliphatic rings. The van der Waals surface area contributed by atoms with Gasteiger partial charge in [0.1, 0.15) is 0 Å². The van der Waals surface area contributed by atoms with Gasteiger partial charge in [-0.2, -0.15) is 0 Å². The van der Waals surface area contributed by atoms with Crippen LogP contribution in [0.5, 0.6) is 0 Å². The molecule has 0 unspecified atom stereocenters. The van der Waals surface area contributed by atoms with Crippen LogP contribution in [0, 0.1) is 6.20 Å². The van der Waals surface area contributed by atoms with Crippen molar-refractivity contribution in [2.45, 2.75) is 58.7 Å². The molecule has 0 atom stereocenters. The van der Waals surface area contributed by atoms with Crippen molar-refractivity contribution in [3.63, 3.8) is 0 Å². The van der Waals surface area contributed by atoms with Crippen molar-refractivity contribution in [2.75, 3.05) is 6.61 Å². The van der Waals surface area contributed by atoms with Crippen LogP contribution in [-0.4, -0.2) is 39.9 Å². The van der Waals surface area contributed by atoms with Crippen molar-refractivity contribution in [3.8, 4) is 0 Å². The summed E-state index contributed by atoms with van der Waals surface area (Å²) in [6.07, 6.45) is 9.53. The third-order valence-electron chi connectivity index (χ3n) is 3.63. The van der Waals surface area contributed by atoms with Crippen molar-refractivity contribution in [3.05, 3.63) is 29.7 Å². The monoisotopic (exact) mass is 514 g/mol. The molecule has 0 bridgehead atoms. The summed E-state index contributed by atoms with van der Waals surface area (Å²) in [6, 6.07) is 3.27. The maximum absolute atomic E-state index is 5.79. The van der Waals surface area contributed by atoms with E-state index >= 15 is 0 Å². The van der Waals surface area contributed by atoms with E-state index in [1.165, 1.54) is 35.0 Å². The van der Waals surface area contributed by atoms with Crippen molar-refractivity contribution in [2.24, 2.45) is 5.10 Å². The second kappa shape index (κ2) is 7.63. The average molecular weight is 514 g/mol. The topological polar surface area (TPSA) is 29.8 Å². The number of hydrogen-bond donors (Lipinski definition) is 0. The molecule has 6 heteroatoms. The number of nitrogens with zero attached hydrogens (tertiary/aromatic N) is 3. The van der Waals surface area contributed by atoms with Crippen LogP contribution in [0.15, 0.2) is 23.1 Å². The fraction of sp³-hybridized carbons (Fsp3) is 0.556. The summed E-state index contributed by atoms with van der Waals surface area (Å²) in [5.41, 5.74) is 2.21. The van der Waals surface area contributed by atoms with Gasteiger partial charge in [0, 0.05) is 0 Å². The quantitative estimate of drug-likeness (QED) is 0.329. The van der Waals surface area contributed by atoms with E-state index in [-0.39, 0.29) is 5.54 Å². The van der Waals surface area contributed by atoms with E-state index in [1.807, 2.05) is 17.0 Å². The van der Waals surface area contributed by atoms with Gasteiger partial charge in [-0.15, -0.1) is 0 Å². The van der Waals surface area contributed by atoms with Crippen LogP contribution in [-0.2, 0) is 30.8 Å². The third kappa shape index (κ3) is 5.64. The van der Waals surface area contributed by atoms with Gasteiger partial charge in [0.05, 0.1) is 0 Å². The third-order valence-corrected chi connectivity index (χ3v) is 6.47.